The summed E-state index contributed by atoms with van der Waals surface area (Å²) >= 11 is 11.8. The molecule has 0 bridgehead atoms. The van der Waals surface area contributed by atoms with Gasteiger partial charge in [-0.15, -0.1) is 0 Å². The number of nitrogens with zero attached hydrogens (tertiary/aromatic N) is 2. The van der Waals surface area contributed by atoms with Crippen molar-refractivity contribution in [2.75, 3.05) is 23.4 Å². The number of nitrogens with one attached hydrogen (secondary N) is 1. The molecule has 40 heavy (non-hydrogen) atoms. The second-order valence-corrected chi connectivity index (χ2v) is 9.92. The first-order valence-electron chi connectivity index (χ1n) is 13.0. The van der Waals surface area contributed by atoms with Crippen molar-refractivity contribution in [3.05, 3.63) is 88.9 Å². The molecular weight excluding hydrogens is 550 g/mol. The zero-order valence-electron chi connectivity index (χ0n) is 22.3. The Kier molecular flexibility index (Phi) is 9.74. The summed E-state index contributed by atoms with van der Waals surface area (Å²) in [5.74, 6) is -0.395. The molecule has 1 heterocycles. The Morgan fingerprint density at radius 1 is 0.975 bits per heavy atom. The van der Waals surface area contributed by atoms with E-state index in [1.165, 1.54) is 4.90 Å². The minimum atomic E-state index is -0.833. The maximum atomic E-state index is 13.7. The van der Waals surface area contributed by atoms with Gasteiger partial charge in [0.05, 0.1) is 30.9 Å². The van der Waals surface area contributed by atoms with Crippen LogP contribution >= 0.6 is 23.8 Å². The lowest BCUT2D eigenvalue weighted by atomic mass is 10.1. The lowest BCUT2D eigenvalue weighted by molar-refractivity contribution is -0.124. The number of hydrogen-bond donors (Lipinski definition) is 1. The molecule has 0 aromatic heterocycles. The third-order valence-corrected chi connectivity index (χ3v) is 6.88. The number of thiocarbonyl (C=S) groups is 1. The van der Waals surface area contributed by atoms with Gasteiger partial charge in [0.15, 0.2) is 5.11 Å². The van der Waals surface area contributed by atoms with Crippen LogP contribution in [-0.4, -0.2) is 47.1 Å². The predicted molar refractivity (Wildman–Crippen MR) is 159 cm³/mol. The van der Waals surface area contributed by atoms with Gasteiger partial charge < -0.3 is 19.7 Å². The van der Waals surface area contributed by atoms with Crippen molar-refractivity contribution in [3.63, 3.8) is 0 Å². The largest absolute Gasteiger partial charge is 0.494 e. The molecule has 8 nitrogen and oxygen atoms in total. The third-order valence-electron chi connectivity index (χ3n) is 6.21. The van der Waals surface area contributed by atoms with E-state index in [1.807, 2.05) is 19.1 Å². The van der Waals surface area contributed by atoms with Crippen molar-refractivity contribution < 1.29 is 23.9 Å². The van der Waals surface area contributed by atoms with Crippen LogP contribution in [0.25, 0.3) is 0 Å². The van der Waals surface area contributed by atoms with E-state index in [2.05, 4.69) is 5.32 Å². The maximum absolute atomic E-state index is 13.7. The smallest absolute Gasteiger partial charge is 0.338 e. The Morgan fingerprint density at radius 2 is 1.65 bits per heavy atom. The molecule has 0 saturated carbocycles. The third kappa shape index (κ3) is 6.97. The number of halogens is 1. The van der Waals surface area contributed by atoms with Crippen molar-refractivity contribution in [3.8, 4) is 5.75 Å². The Balaban J connectivity index is 1.54. The number of amides is 2. The molecule has 0 radical (unpaired) electrons. The van der Waals surface area contributed by atoms with Gasteiger partial charge in [-0.3, -0.25) is 14.5 Å². The van der Waals surface area contributed by atoms with Crippen LogP contribution in [0.3, 0.4) is 0 Å². The van der Waals surface area contributed by atoms with Gasteiger partial charge in [0.2, 0.25) is 5.91 Å². The summed E-state index contributed by atoms with van der Waals surface area (Å²) in [6.45, 7) is 4.94. The van der Waals surface area contributed by atoms with E-state index >= 15 is 0 Å². The first kappa shape index (κ1) is 29.0. The minimum Gasteiger partial charge on any atom is -0.494 e. The minimum absolute atomic E-state index is 0.113. The lowest BCUT2D eigenvalue weighted by Gasteiger charge is -2.24. The fourth-order valence-corrected chi connectivity index (χ4v) is 4.75. The molecule has 1 N–H and O–H groups in total. The van der Waals surface area contributed by atoms with E-state index < -0.39 is 12.0 Å². The van der Waals surface area contributed by atoms with E-state index in [0.29, 0.717) is 35.1 Å². The number of benzene rings is 3. The average Bonchev–Trinajstić information content (AvgIpc) is 3.17. The Hall–Kier alpha value is -3.95. The first-order chi connectivity index (χ1) is 19.3. The van der Waals surface area contributed by atoms with E-state index in [4.69, 9.17) is 33.3 Å². The summed E-state index contributed by atoms with van der Waals surface area (Å²) in [4.78, 5) is 42.0. The van der Waals surface area contributed by atoms with Crippen LogP contribution in [0.15, 0.2) is 72.8 Å². The van der Waals surface area contributed by atoms with E-state index in [0.717, 1.165) is 17.7 Å². The van der Waals surface area contributed by atoms with Gasteiger partial charge in [0, 0.05) is 17.3 Å². The molecule has 208 valence electrons. The van der Waals surface area contributed by atoms with Crippen molar-refractivity contribution in [1.29, 1.82) is 0 Å². The number of carbonyl (C=O) groups is 3. The second kappa shape index (κ2) is 13.4. The van der Waals surface area contributed by atoms with E-state index in [1.54, 1.807) is 72.5 Å². The fraction of sp³-hybridized carbons (Fsp3) is 0.267. The lowest BCUT2D eigenvalue weighted by Crippen LogP contribution is -2.37. The number of ether oxygens (including phenoxy) is 2. The van der Waals surface area contributed by atoms with Crippen LogP contribution < -0.4 is 15.0 Å². The molecule has 1 aliphatic rings. The second-order valence-electron chi connectivity index (χ2n) is 9.12. The van der Waals surface area contributed by atoms with Gasteiger partial charge in [-0.1, -0.05) is 30.7 Å². The Morgan fingerprint density at radius 3 is 2.27 bits per heavy atom. The molecule has 1 aliphatic heterocycles. The number of esters is 1. The molecule has 2 amide bonds. The average molecular weight is 580 g/mol. The van der Waals surface area contributed by atoms with E-state index in [9.17, 15) is 14.4 Å². The van der Waals surface area contributed by atoms with Crippen LogP contribution in [0.5, 0.6) is 5.75 Å². The number of rotatable bonds is 11. The monoisotopic (exact) mass is 579 g/mol. The highest BCUT2D eigenvalue weighted by Gasteiger charge is 2.44. The van der Waals surface area contributed by atoms with Gasteiger partial charge in [-0.2, -0.15) is 0 Å². The van der Waals surface area contributed by atoms with Gasteiger partial charge in [-0.05, 0) is 91.8 Å². The molecule has 1 saturated heterocycles. The number of anilines is 2. The topological polar surface area (TPSA) is 88.2 Å². The normalized spacial score (nSPS) is 14.8. The van der Waals surface area contributed by atoms with Crippen molar-refractivity contribution in [2.24, 2.45) is 0 Å². The summed E-state index contributed by atoms with van der Waals surface area (Å²) in [7, 11) is 0. The highest BCUT2D eigenvalue weighted by atomic mass is 35.5. The standard InChI is InChI=1S/C30H30ClN3O5S/c1-3-17-39-25-15-11-23(12-16-25)32-27(35)18-26-28(36)34(24-13-7-21(8-14-24)29(37)38-4-2)30(40)33(26)19-20-5-9-22(31)10-6-20/h5-16,26H,3-4,17-19H2,1-2H3,(H,32,35). The van der Waals surface area contributed by atoms with Gasteiger partial charge in [-0.25, -0.2) is 4.79 Å². The van der Waals surface area contributed by atoms with Crippen LogP contribution in [0, 0.1) is 0 Å². The molecule has 10 heteroatoms. The molecule has 1 unspecified atom stereocenters. The van der Waals surface area contributed by atoms with Gasteiger partial charge in [0.25, 0.3) is 5.91 Å². The SMILES string of the molecule is CCCOc1ccc(NC(=O)CC2C(=O)N(c3ccc(C(=O)OCC)cc3)C(=S)N2Cc2ccc(Cl)cc2)cc1. The van der Waals surface area contributed by atoms with Crippen LogP contribution in [0.4, 0.5) is 11.4 Å². The summed E-state index contributed by atoms with van der Waals surface area (Å²) in [5.41, 5.74) is 2.34. The fourth-order valence-electron chi connectivity index (χ4n) is 4.24. The number of carbonyl (C=O) groups excluding carboxylic acids is 3. The molecule has 0 spiro atoms. The Labute approximate surface area is 243 Å². The molecule has 3 aromatic carbocycles. The zero-order valence-corrected chi connectivity index (χ0v) is 23.8. The van der Waals surface area contributed by atoms with Crippen LogP contribution in [0.1, 0.15) is 42.6 Å². The molecule has 1 atom stereocenters. The molecular formula is C30H30ClN3O5S. The molecule has 4 rings (SSSR count). The molecule has 3 aromatic rings. The van der Waals surface area contributed by atoms with Crippen molar-refractivity contribution in [1.82, 2.24) is 4.90 Å². The van der Waals surface area contributed by atoms with Crippen LogP contribution in [-0.2, 0) is 20.9 Å². The highest BCUT2D eigenvalue weighted by molar-refractivity contribution is 7.80. The quantitative estimate of drug-likeness (QED) is 0.226. The van der Waals surface area contributed by atoms with E-state index in [-0.39, 0.29) is 30.0 Å². The summed E-state index contributed by atoms with van der Waals surface area (Å²) < 4.78 is 10.6. The number of hydrogen-bond acceptors (Lipinski definition) is 6. The zero-order chi connectivity index (χ0) is 28.6. The maximum Gasteiger partial charge on any atom is 0.338 e. The summed E-state index contributed by atoms with van der Waals surface area (Å²) in [6, 6.07) is 19.9. The first-order valence-corrected chi connectivity index (χ1v) is 13.8. The van der Waals surface area contributed by atoms with Crippen molar-refractivity contribution in [2.45, 2.75) is 39.3 Å². The van der Waals surface area contributed by atoms with Gasteiger partial charge >= 0.3 is 5.97 Å². The molecule has 0 aliphatic carbocycles. The summed E-state index contributed by atoms with van der Waals surface area (Å²) in [6.07, 6.45) is 0.785. The summed E-state index contributed by atoms with van der Waals surface area (Å²) in [5, 5.41) is 3.72. The predicted octanol–water partition coefficient (Wildman–Crippen LogP) is 5.84. The highest BCUT2D eigenvalue weighted by Crippen LogP contribution is 2.30. The van der Waals surface area contributed by atoms with Crippen LogP contribution in [0.2, 0.25) is 5.02 Å². The molecule has 1 fully saturated rings. The van der Waals surface area contributed by atoms with Gasteiger partial charge in [0.1, 0.15) is 11.8 Å². The van der Waals surface area contributed by atoms with Crippen molar-refractivity contribution >= 4 is 58.1 Å². The Bertz CT molecular complexity index is 1360.